The van der Waals surface area contributed by atoms with Crippen LogP contribution in [-0.2, 0) is 6.54 Å². The topological polar surface area (TPSA) is 29.9 Å². The first-order chi connectivity index (χ1) is 9.34. The average molecular weight is 271 g/mol. The fourth-order valence-corrected chi connectivity index (χ4v) is 3.30. The predicted molar refractivity (Wildman–Crippen MR) is 80.5 cm³/mol. The Hall–Kier alpha value is -1.65. The van der Waals surface area contributed by atoms with Crippen LogP contribution in [0.4, 0.5) is 0 Å². The van der Waals surface area contributed by atoms with Gasteiger partial charge in [0.05, 0.1) is 6.33 Å². The minimum atomic E-state index is 0.367. The molecule has 1 atom stereocenters. The van der Waals surface area contributed by atoms with Crippen LogP contribution in [0, 0.1) is 0 Å². The van der Waals surface area contributed by atoms with Crippen molar-refractivity contribution >= 4 is 21.4 Å². The number of rotatable bonds is 5. The lowest BCUT2D eigenvalue weighted by Crippen LogP contribution is -2.23. The molecule has 0 amide bonds. The molecule has 19 heavy (non-hydrogen) atoms. The van der Waals surface area contributed by atoms with E-state index in [4.69, 9.17) is 0 Å². The second-order valence-corrected chi connectivity index (χ2v) is 5.58. The summed E-state index contributed by atoms with van der Waals surface area (Å²) in [4.78, 5) is 4.05. The van der Waals surface area contributed by atoms with Crippen LogP contribution in [0.1, 0.15) is 18.5 Å². The molecule has 2 aromatic heterocycles. The van der Waals surface area contributed by atoms with Gasteiger partial charge in [0.1, 0.15) is 0 Å². The van der Waals surface area contributed by atoms with E-state index < -0.39 is 0 Å². The predicted octanol–water partition coefficient (Wildman–Crippen LogP) is 3.45. The standard InChI is InChI=1S/C15H17N3S/c1-12(17-7-9-18-8-6-16-11-18)14-4-2-3-13-5-10-19-15(13)14/h2-6,8,10-12,17H,7,9H2,1H3. The molecule has 1 N–H and O–H groups in total. The molecule has 0 bridgehead atoms. The van der Waals surface area contributed by atoms with E-state index in [1.165, 1.54) is 15.6 Å². The summed E-state index contributed by atoms with van der Waals surface area (Å²) in [6, 6.07) is 9.08. The molecule has 2 heterocycles. The van der Waals surface area contributed by atoms with Crippen molar-refractivity contribution in [3.8, 4) is 0 Å². The third kappa shape index (κ3) is 2.69. The molecule has 3 aromatic rings. The van der Waals surface area contributed by atoms with Crippen LogP contribution in [0.15, 0.2) is 48.4 Å². The zero-order valence-electron chi connectivity index (χ0n) is 10.9. The van der Waals surface area contributed by atoms with Crippen molar-refractivity contribution in [3.63, 3.8) is 0 Å². The number of imidazole rings is 1. The van der Waals surface area contributed by atoms with Gasteiger partial charge in [-0.2, -0.15) is 0 Å². The number of hydrogen-bond donors (Lipinski definition) is 1. The lowest BCUT2D eigenvalue weighted by atomic mass is 10.1. The lowest BCUT2D eigenvalue weighted by molar-refractivity contribution is 0.533. The van der Waals surface area contributed by atoms with Gasteiger partial charge in [-0.3, -0.25) is 0 Å². The second-order valence-electron chi connectivity index (χ2n) is 4.66. The van der Waals surface area contributed by atoms with Crippen LogP contribution in [0.5, 0.6) is 0 Å². The number of aromatic nitrogens is 2. The monoisotopic (exact) mass is 271 g/mol. The molecule has 4 heteroatoms. The maximum absolute atomic E-state index is 4.05. The highest BCUT2D eigenvalue weighted by Crippen LogP contribution is 2.28. The molecule has 0 aliphatic rings. The van der Waals surface area contributed by atoms with Crippen molar-refractivity contribution in [1.29, 1.82) is 0 Å². The van der Waals surface area contributed by atoms with Gasteiger partial charge in [0.2, 0.25) is 0 Å². The number of nitrogens with zero attached hydrogens (tertiary/aromatic N) is 2. The zero-order valence-corrected chi connectivity index (χ0v) is 11.7. The first-order valence-electron chi connectivity index (χ1n) is 6.50. The second kappa shape index (κ2) is 5.55. The molecule has 0 spiro atoms. The Labute approximate surface area is 116 Å². The fraction of sp³-hybridized carbons (Fsp3) is 0.267. The Kier molecular flexibility index (Phi) is 3.62. The molecule has 0 radical (unpaired) electrons. The van der Waals surface area contributed by atoms with Crippen LogP contribution in [0.25, 0.3) is 10.1 Å². The Morgan fingerprint density at radius 1 is 1.37 bits per heavy atom. The number of thiophene rings is 1. The van der Waals surface area contributed by atoms with E-state index in [0.29, 0.717) is 6.04 Å². The van der Waals surface area contributed by atoms with E-state index in [-0.39, 0.29) is 0 Å². The molecule has 0 fully saturated rings. The maximum Gasteiger partial charge on any atom is 0.0946 e. The Bertz CT molecular complexity index is 642. The summed E-state index contributed by atoms with van der Waals surface area (Å²) in [6.07, 6.45) is 5.66. The first kappa shape index (κ1) is 12.4. The molecule has 3 rings (SSSR count). The molecule has 0 saturated carbocycles. The lowest BCUT2D eigenvalue weighted by Gasteiger charge is -2.15. The molecule has 1 aromatic carbocycles. The van der Waals surface area contributed by atoms with Crippen molar-refractivity contribution in [2.24, 2.45) is 0 Å². The average Bonchev–Trinajstić information content (AvgIpc) is 3.08. The van der Waals surface area contributed by atoms with Gasteiger partial charge in [-0.25, -0.2) is 4.98 Å². The molecular formula is C15H17N3S. The van der Waals surface area contributed by atoms with E-state index in [2.05, 4.69) is 51.4 Å². The van der Waals surface area contributed by atoms with Crippen LogP contribution in [0.2, 0.25) is 0 Å². The van der Waals surface area contributed by atoms with E-state index >= 15 is 0 Å². The third-order valence-electron chi connectivity index (χ3n) is 3.36. The number of hydrogen-bond acceptors (Lipinski definition) is 3. The smallest absolute Gasteiger partial charge is 0.0946 e. The molecule has 0 aliphatic carbocycles. The van der Waals surface area contributed by atoms with Crippen molar-refractivity contribution in [2.45, 2.75) is 19.5 Å². The summed E-state index contributed by atoms with van der Waals surface area (Å²) in [7, 11) is 0. The SMILES string of the molecule is CC(NCCn1ccnc1)c1cccc2ccsc12. The normalized spacial score (nSPS) is 12.9. The minimum Gasteiger partial charge on any atom is -0.336 e. The van der Waals surface area contributed by atoms with Crippen molar-refractivity contribution in [3.05, 3.63) is 53.9 Å². The van der Waals surface area contributed by atoms with Gasteiger partial charge in [0.25, 0.3) is 0 Å². The number of fused-ring (bicyclic) bond motifs is 1. The Morgan fingerprint density at radius 2 is 2.32 bits per heavy atom. The molecule has 1 unspecified atom stereocenters. The van der Waals surface area contributed by atoms with Crippen molar-refractivity contribution in [2.75, 3.05) is 6.54 Å². The van der Waals surface area contributed by atoms with Gasteiger partial charge in [-0.15, -0.1) is 11.3 Å². The van der Waals surface area contributed by atoms with Gasteiger partial charge in [0.15, 0.2) is 0 Å². The van der Waals surface area contributed by atoms with Crippen molar-refractivity contribution < 1.29 is 0 Å². The fourth-order valence-electron chi connectivity index (χ4n) is 2.30. The molecule has 3 nitrogen and oxygen atoms in total. The van der Waals surface area contributed by atoms with Crippen LogP contribution >= 0.6 is 11.3 Å². The highest BCUT2D eigenvalue weighted by molar-refractivity contribution is 7.17. The minimum absolute atomic E-state index is 0.367. The largest absolute Gasteiger partial charge is 0.336 e. The summed E-state index contributed by atoms with van der Waals surface area (Å²) < 4.78 is 3.48. The molecular weight excluding hydrogens is 254 g/mol. The van der Waals surface area contributed by atoms with Gasteiger partial charge in [-0.05, 0) is 29.3 Å². The van der Waals surface area contributed by atoms with Gasteiger partial charge in [0, 0.05) is 36.2 Å². The quantitative estimate of drug-likeness (QED) is 0.770. The number of benzene rings is 1. The van der Waals surface area contributed by atoms with Gasteiger partial charge >= 0.3 is 0 Å². The molecule has 98 valence electrons. The number of nitrogens with one attached hydrogen (secondary N) is 1. The van der Waals surface area contributed by atoms with Crippen LogP contribution in [0.3, 0.4) is 0 Å². The maximum atomic E-state index is 4.05. The summed E-state index contributed by atoms with van der Waals surface area (Å²) >= 11 is 1.82. The first-order valence-corrected chi connectivity index (χ1v) is 7.38. The summed E-state index contributed by atoms with van der Waals surface area (Å²) in [5.41, 5.74) is 1.39. The highest BCUT2D eigenvalue weighted by atomic mass is 32.1. The summed E-state index contributed by atoms with van der Waals surface area (Å²) in [6.45, 7) is 4.12. The van der Waals surface area contributed by atoms with E-state index in [1.54, 1.807) is 0 Å². The van der Waals surface area contributed by atoms with Crippen molar-refractivity contribution in [1.82, 2.24) is 14.9 Å². The Morgan fingerprint density at radius 3 is 3.16 bits per heavy atom. The highest BCUT2D eigenvalue weighted by Gasteiger charge is 2.09. The zero-order chi connectivity index (χ0) is 13.1. The van der Waals surface area contributed by atoms with E-state index in [0.717, 1.165) is 13.1 Å². The van der Waals surface area contributed by atoms with E-state index in [9.17, 15) is 0 Å². The summed E-state index contributed by atoms with van der Waals surface area (Å²) in [5, 5.41) is 7.07. The van der Waals surface area contributed by atoms with E-state index in [1.807, 2.05) is 30.1 Å². The van der Waals surface area contributed by atoms with Gasteiger partial charge < -0.3 is 9.88 Å². The molecule has 0 aliphatic heterocycles. The third-order valence-corrected chi connectivity index (χ3v) is 4.33. The van der Waals surface area contributed by atoms with Crippen LogP contribution in [-0.4, -0.2) is 16.1 Å². The van der Waals surface area contributed by atoms with Gasteiger partial charge in [-0.1, -0.05) is 18.2 Å². The summed E-state index contributed by atoms with van der Waals surface area (Å²) in [5.74, 6) is 0. The molecule has 0 saturated heterocycles. The van der Waals surface area contributed by atoms with Crippen LogP contribution < -0.4 is 5.32 Å². The Balaban J connectivity index is 1.66.